The fraction of sp³-hybridized carbons (Fsp3) is 0.538. The van der Waals surface area contributed by atoms with E-state index in [1.54, 1.807) is 0 Å². The average molecular weight is 218 g/mol. The quantitative estimate of drug-likeness (QED) is 0.803. The maximum absolute atomic E-state index is 5.71. The topological polar surface area (TPSA) is 24.5 Å². The number of hydrogen-bond acceptors (Lipinski definition) is 3. The molecule has 0 radical (unpaired) electrons. The molecule has 2 aliphatic rings. The molecule has 1 atom stereocenters. The third-order valence-electron chi connectivity index (χ3n) is 3.49. The summed E-state index contributed by atoms with van der Waals surface area (Å²) in [5.74, 6) is 1.65. The zero-order valence-electron chi connectivity index (χ0n) is 9.48. The van der Waals surface area contributed by atoms with Gasteiger partial charge in [0.1, 0.15) is 5.75 Å². The number of benzene rings is 1. The Bertz CT molecular complexity index is 361. The Morgan fingerprint density at radius 2 is 2.06 bits per heavy atom. The molecule has 0 spiro atoms. The molecule has 1 aromatic rings. The molecule has 86 valence electrons. The van der Waals surface area contributed by atoms with E-state index in [2.05, 4.69) is 28.4 Å². The minimum absolute atomic E-state index is 0.564. The first kappa shape index (κ1) is 10.1. The van der Waals surface area contributed by atoms with Crippen molar-refractivity contribution in [2.24, 2.45) is 0 Å². The second kappa shape index (κ2) is 4.44. The molecule has 3 rings (SSSR count). The van der Waals surface area contributed by atoms with Gasteiger partial charge in [-0.2, -0.15) is 0 Å². The predicted molar refractivity (Wildman–Crippen MR) is 64.0 cm³/mol. The summed E-state index contributed by atoms with van der Waals surface area (Å²) in [5, 5.41) is 3.39. The van der Waals surface area contributed by atoms with E-state index < -0.39 is 0 Å². The van der Waals surface area contributed by atoms with Crippen molar-refractivity contribution >= 4 is 0 Å². The zero-order chi connectivity index (χ0) is 10.8. The van der Waals surface area contributed by atoms with Gasteiger partial charge in [-0.25, -0.2) is 0 Å². The van der Waals surface area contributed by atoms with Crippen molar-refractivity contribution in [3.8, 4) is 5.75 Å². The van der Waals surface area contributed by atoms with Gasteiger partial charge in [0, 0.05) is 44.2 Å². The summed E-state index contributed by atoms with van der Waals surface area (Å²) in [7, 11) is 0. The number of ether oxygens (including phenoxy) is 1. The van der Waals surface area contributed by atoms with E-state index in [0.29, 0.717) is 5.92 Å². The normalized spacial score (nSPS) is 25.1. The van der Waals surface area contributed by atoms with Crippen molar-refractivity contribution in [1.29, 1.82) is 0 Å². The lowest BCUT2D eigenvalue weighted by Gasteiger charge is -2.29. The number of piperazine rings is 1. The summed E-state index contributed by atoms with van der Waals surface area (Å²) in [6.45, 7) is 6.56. The van der Waals surface area contributed by atoms with Crippen LogP contribution in [0.3, 0.4) is 0 Å². The van der Waals surface area contributed by atoms with Crippen LogP contribution in [0.25, 0.3) is 0 Å². The standard InChI is InChI=1S/C13H18N2O/c1-2-4-13-12(3-1)11(10-16-13)9-15-7-5-14-6-8-15/h1-4,11,14H,5-10H2. The molecule has 1 aromatic carbocycles. The summed E-state index contributed by atoms with van der Waals surface area (Å²) in [6, 6.07) is 8.44. The molecule has 0 aromatic heterocycles. The van der Waals surface area contributed by atoms with E-state index >= 15 is 0 Å². The van der Waals surface area contributed by atoms with Crippen molar-refractivity contribution in [3.05, 3.63) is 29.8 Å². The third-order valence-corrected chi connectivity index (χ3v) is 3.49. The summed E-state index contributed by atoms with van der Waals surface area (Å²) >= 11 is 0. The molecular formula is C13H18N2O. The maximum Gasteiger partial charge on any atom is 0.122 e. The molecule has 1 fully saturated rings. The largest absolute Gasteiger partial charge is 0.493 e. The first-order valence-corrected chi connectivity index (χ1v) is 6.08. The summed E-state index contributed by atoms with van der Waals surface area (Å²) < 4.78 is 5.71. The van der Waals surface area contributed by atoms with E-state index in [0.717, 1.165) is 32.0 Å². The lowest BCUT2D eigenvalue weighted by Crippen LogP contribution is -2.45. The Morgan fingerprint density at radius 3 is 2.94 bits per heavy atom. The van der Waals surface area contributed by atoms with Crippen LogP contribution in [-0.2, 0) is 0 Å². The monoisotopic (exact) mass is 218 g/mol. The van der Waals surface area contributed by atoms with Gasteiger partial charge in [0.25, 0.3) is 0 Å². The van der Waals surface area contributed by atoms with Gasteiger partial charge in [0.2, 0.25) is 0 Å². The molecule has 16 heavy (non-hydrogen) atoms. The fourth-order valence-electron chi connectivity index (χ4n) is 2.59. The van der Waals surface area contributed by atoms with Gasteiger partial charge < -0.3 is 15.0 Å². The van der Waals surface area contributed by atoms with Gasteiger partial charge in [-0.15, -0.1) is 0 Å². The van der Waals surface area contributed by atoms with Crippen LogP contribution >= 0.6 is 0 Å². The SMILES string of the molecule is c1ccc2c(c1)OCC2CN1CCNCC1. The Labute approximate surface area is 96.4 Å². The summed E-state index contributed by atoms with van der Waals surface area (Å²) in [6.07, 6.45) is 0. The van der Waals surface area contributed by atoms with Crippen molar-refractivity contribution in [3.63, 3.8) is 0 Å². The number of fused-ring (bicyclic) bond motifs is 1. The second-order valence-corrected chi connectivity index (χ2v) is 4.60. The molecule has 0 amide bonds. The average Bonchev–Trinajstić information content (AvgIpc) is 2.74. The van der Waals surface area contributed by atoms with Crippen LogP contribution in [-0.4, -0.2) is 44.2 Å². The molecule has 3 nitrogen and oxygen atoms in total. The van der Waals surface area contributed by atoms with Gasteiger partial charge >= 0.3 is 0 Å². The highest BCUT2D eigenvalue weighted by molar-refractivity contribution is 5.39. The third kappa shape index (κ3) is 1.93. The molecule has 2 aliphatic heterocycles. The Balaban J connectivity index is 1.68. The number of para-hydroxylation sites is 1. The lowest BCUT2D eigenvalue weighted by molar-refractivity contribution is 0.211. The van der Waals surface area contributed by atoms with E-state index in [-0.39, 0.29) is 0 Å². The molecule has 2 heterocycles. The van der Waals surface area contributed by atoms with Crippen LogP contribution in [0, 0.1) is 0 Å². The van der Waals surface area contributed by atoms with Crippen molar-refractivity contribution < 1.29 is 4.74 Å². The van der Waals surface area contributed by atoms with Crippen LogP contribution in [0.5, 0.6) is 5.75 Å². The van der Waals surface area contributed by atoms with E-state index in [9.17, 15) is 0 Å². The highest BCUT2D eigenvalue weighted by Crippen LogP contribution is 2.33. The molecular weight excluding hydrogens is 200 g/mol. The van der Waals surface area contributed by atoms with Gasteiger partial charge in [0.05, 0.1) is 6.61 Å². The predicted octanol–water partition coefficient (Wildman–Crippen LogP) is 1.07. The van der Waals surface area contributed by atoms with Crippen molar-refractivity contribution in [2.75, 3.05) is 39.3 Å². The molecule has 0 bridgehead atoms. The first-order valence-electron chi connectivity index (χ1n) is 6.08. The second-order valence-electron chi connectivity index (χ2n) is 4.60. The van der Waals surface area contributed by atoms with E-state index in [1.165, 1.54) is 18.7 Å². The van der Waals surface area contributed by atoms with Gasteiger partial charge in [-0.1, -0.05) is 18.2 Å². The van der Waals surface area contributed by atoms with Crippen LogP contribution in [0.2, 0.25) is 0 Å². The van der Waals surface area contributed by atoms with Crippen LogP contribution in [0.15, 0.2) is 24.3 Å². The highest BCUT2D eigenvalue weighted by Gasteiger charge is 2.25. The molecule has 1 N–H and O–H groups in total. The number of nitrogens with zero attached hydrogens (tertiary/aromatic N) is 1. The smallest absolute Gasteiger partial charge is 0.122 e. The van der Waals surface area contributed by atoms with E-state index in [1.807, 2.05) is 6.07 Å². The van der Waals surface area contributed by atoms with Crippen LogP contribution < -0.4 is 10.1 Å². The first-order chi connectivity index (χ1) is 7.93. The molecule has 1 unspecified atom stereocenters. The van der Waals surface area contributed by atoms with E-state index in [4.69, 9.17) is 4.74 Å². The van der Waals surface area contributed by atoms with Gasteiger partial charge in [-0.05, 0) is 6.07 Å². The molecule has 3 heteroatoms. The minimum atomic E-state index is 0.564. The highest BCUT2D eigenvalue weighted by atomic mass is 16.5. The van der Waals surface area contributed by atoms with Gasteiger partial charge in [0.15, 0.2) is 0 Å². The maximum atomic E-state index is 5.71. The molecule has 0 aliphatic carbocycles. The number of hydrogen-bond donors (Lipinski definition) is 1. The Hall–Kier alpha value is -1.06. The van der Waals surface area contributed by atoms with Crippen LogP contribution in [0.1, 0.15) is 11.5 Å². The summed E-state index contributed by atoms with van der Waals surface area (Å²) in [4.78, 5) is 2.53. The minimum Gasteiger partial charge on any atom is -0.493 e. The Morgan fingerprint density at radius 1 is 1.25 bits per heavy atom. The molecule has 0 saturated carbocycles. The summed E-state index contributed by atoms with van der Waals surface area (Å²) in [5.41, 5.74) is 1.39. The zero-order valence-corrected chi connectivity index (χ0v) is 9.48. The Kier molecular flexibility index (Phi) is 2.80. The van der Waals surface area contributed by atoms with Gasteiger partial charge in [-0.3, -0.25) is 0 Å². The lowest BCUT2D eigenvalue weighted by atomic mass is 10.0. The number of rotatable bonds is 2. The van der Waals surface area contributed by atoms with Crippen molar-refractivity contribution in [2.45, 2.75) is 5.92 Å². The van der Waals surface area contributed by atoms with Crippen LogP contribution in [0.4, 0.5) is 0 Å². The number of nitrogens with one attached hydrogen (secondary N) is 1. The fourth-order valence-corrected chi connectivity index (χ4v) is 2.59. The molecule has 1 saturated heterocycles. The van der Waals surface area contributed by atoms with Crippen molar-refractivity contribution in [1.82, 2.24) is 10.2 Å².